The van der Waals surface area contributed by atoms with Crippen molar-refractivity contribution >= 4 is 11.7 Å². The van der Waals surface area contributed by atoms with Crippen molar-refractivity contribution in [3.8, 4) is 0 Å². The molecule has 1 saturated heterocycles. The Kier molecular flexibility index (Phi) is 4.53. The van der Waals surface area contributed by atoms with Crippen molar-refractivity contribution in [3.05, 3.63) is 71.3 Å². The van der Waals surface area contributed by atoms with Crippen LogP contribution in [0.4, 0.5) is 0 Å². The number of hydrogen-bond donors (Lipinski definition) is 1. The highest BCUT2D eigenvalue weighted by Crippen LogP contribution is 2.19. The number of aliphatic hydroxyl groups is 1. The van der Waals surface area contributed by atoms with E-state index in [4.69, 9.17) is 0 Å². The highest BCUT2D eigenvalue weighted by Gasteiger charge is 2.26. The minimum atomic E-state index is -0.482. The molecule has 0 saturated carbocycles. The maximum atomic E-state index is 12.8. The van der Waals surface area contributed by atoms with Gasteiger partial charge in [-0.1, -0.05) is 48.5 Å². The highest BCUT2D eigenvalue weighted by molar-refractivity contribution is 6.15. The molecule has 0 unspecified atom stereocenters. The van der Waals surface area contributed by atoms with E-state index in [0.717, 1.165) is 6.42 Å². The maximum Gasteiger partial charge on any atom is 0.254 e. The van der Waals surface area contributed by atoms with Crippen LogP contribution in [0.2, 0.25) is 0 Å². The fourth-order valence-corrected chi connectivity index (χ4v) is 2.92. The number of likely N-dealkylation sites (tertiary alicyclic amines) is 1. The quantitative estimate of drug-likeness (QED) is 0.886. The summed E-state index contributed by atoms with van der Waals surface area (Å²) in [5.41, 5.74) is 1.37. The molecule has 0 bridgehead atoms. The van der Waals surface area contributed by atoms with Gasteiger partial charge in [0, 0.05) is 24.2 Å². The molecule has 1 aliphatic heterocycles. The van der Waals surface area contributed by atoms with Crippen molar-refractivity contribution in [1.82, 2.24) is 4.90 Å². The van der Waals surface area contributed by atoms with E-state index in [1.165, 1.54) is 0 Å². The Labute approximate surface area is 135 Å². The van der Waals surface area contributed by atoms with Crippen molar-refractivity contribution in [3.63, 3.8) is 0 Å². The first kappa shape index (κ1) is 15.4. The standard InChI is InChI=1S/C19H19NO3/c21-15-9-6-12-20(13-15)19(23)17-11-5-4-10-16(17)18(22)14-7-2-1-3-8-14/h1-5,7-8,10-11,15,21H,6,9,12-13H2/t15-/m1/s1. The normalized spacial score (nSPS) is 17.8. The Morgan fingerprint density at radius 1 is 0.957 bits per heavy atom. The molecule has 1 amide bonds. The van der Waals surface area contributed by atoms with Crippen molar-refractivity contribution in [1.29, 1.82) is 0 Å². The first-order valence-corrected chi connectivity index (χ1v) is 7.83. The Morgan fingerprint density at radius 3 is 2.30 bits per heavy atom. The van der Waals surface area contributed by atoms with Gasteiger partial charge in [0.05, 0.1) is 11.7 Å². The molecule has 3 rings (SSSR count). The van der Waals surface area contributed by atoms with Gasteiger partial charge in [0.1, 0.15) is 0 Å². The zero-order chi connectivity index (χ0) is 16.2. The van der Waals surface area contributed by atoms with Gasteiger partial charge in [-0.05, 0) is 18.9 Å². The van der Waals surface area contributed by atoms with Gasteiger partial charge in [-0.15, -0.1) is 0 Å². The van der Waals surface area contributed by atoms with Gasteiger partial charge in [0.15, 0.2) is 5.78 Å². The van der Waals surface area contributed by atoms with E-state index in [1.807, 2.05) is 6.07 Å². The number of piperidine rings is 1. The average molecular weight is 309 g/mol. The molecule has 2 aromatic rings. The van der Waals surface area contributed by atoms with E-state index in [2.05, 4.69) is 0 Å². The van der Waals surface area contributed by atoms with Crippen molar-refractivity contribution in [2.24, 2.45) is 0 Å². The Bertz CT molecular complexity index is 712. The average Bonchev–Trinajstić information content (AvgIpc) is 2.61. The van der Waals surface area contributed by atoms with Crippen LogP contribution in [0, 0.1) is 0 Å². The van der Waals surface area contributed by atoms with Crippen LogP contribution in [-0.2, 0) is 0 Å². The van der Waals surface area contributed by atoms with Crippen molar-refractivity contribution < 1.29 is 14.7 Å². The molecule has 118 valence electrons. The minimum absolute atomic E-state index is 0.160. The maximum absolute atomic E-state index is 12.8. The lowest BCUT2D eigenvalue weighted by Crippen LogP contribution is -2.42. The monoisotopic (exact) mass is 309 g/mol. The minimum Gasteiger partial charge on any atom is -0.391 e. The first-order chi connectivity index (χ1) is 11.2. The fraction of sp³-hybridized carbons (Fsp3) is 0.263. The van der Waals surface area contributed by atoms with Gasteiger partial charge in [-0.25, -0.2) is 0 Å². The molecule has 1 N–H and O–H groups in total. The van der Waals surface area contributed by atoms with Crippen molar-refractivity contribution in [2.45, 2.75) is 18.9 Å². The number of ketones is 1. The molecular weight excluding hydrogens is 290 g/mol. The molecule has 0 radical (unpaired) electrons. The second kappa shape index (κ2) is 6.75. The Morgan fingerprint density at radius 2 is 1.61 bits per heavy atom. The van der Waals surface area contributed by atoms with Crippen molar-refractivity contribution in [2.75, 3.05) is 13.1 Å². The van der Waals surface area contributed by atoms with Gasteiger partial charge in [0.2, 0.25) is 0 Å². The second-order valence-electron chi connectivity index (χ2n) is 5.79. The molecule has 4 heteroatoms. The zero-order valence-electron chi connectivity index (χ0n) is 12.8. The first-order valence-electron chi connectivity index (χ1n) is 7.83. The zero-order valence-corrected chi connectivity index (χ0v) is 12.8. The second-order valence-corrected chi connectivity index (χ2v) is 5.79. The van der Waals surface area contributed by atoms with Gasteiger partial charge >= 0.3 is 0 Å². The molecule has 0 spiro atoms. The predicted molar refractivity (Wildman–Crippen MR) is 87.5 cm³/mol. The smallest absolute Gasteiger partial charge is 0.254 e. The van der Waals surface area contributed by atoms with Gasteiger partial charge in [0.25, 0.3) is 5.91 Å². The fourth-order valence-electron chi connectivity index (χ4n) is 2.92. The summed E-state index contributed by atoms with van der Waals surface area (Å²) in [5.74, 6) is -0.351. The van der Waals surface area contributed by atoms with E-state index < -0.39 is 6.10 Å². The molecule has 0 aromatic heterocycles. The summed E-state index contributed by atoms with van der Waals surface area (Å²) in [6, 6.07) is 15.8. The summed E-state index contributed by atoms with van der Waals surface area (Å²) in [4.78, 5) is 27.1. The summed E-state index contributed by atoms with van der Waals surface area (Å²) in [7, 11) is 0. The Hall–Kier alpha value is -2.46. The molecule has 1 fully saturated rings. The van der Waals surface area contributed by atoms with Crippen LogP contribution in [0.5, 0.6) is 0 Å². The lowest BCUT2D eigenvalue weighted by Gasteiger charge is -2.30. The molecule has 4 nitrogen and oxygen atoms in total. The van der Waals surface area contributed by atoms with Crippen LogP contribution in [0.25, 0.3) is 0 Å². The molecule has 0 aliphatic carbocycles. The van der Waals surface area contributed by atoms with Gasteiger partial charge in [-0.3, -0.25) is 9.59 Å². The molecular formula is C19H19NO3. The number of hydrogen-bond acceptors (Lipinski definition) is 3. The SMILES string of the molecule is O=C(c1ccccc1)c1ccccc1C(=O)N1CCC[C@@H](O)C1. The number of aliphatic hydroxyl groups excluding tert-OH is 1. The molecule has 2 aromatic carbocycles. The lowest BCUT2D eigenvalue weighted by atomic mass is 9.97. The summed E-state index contributed by atoms with van der Waals surface area (Å²) in [6.07, 6.45) is 1.01. The van der Waals surface area contributed by atoms with E-state index in [1.54, 1.807) is 53.4 Å². The molecule has 1 heterocycles. The van der Waals surface area contributed by atoms with E-state index in [-0.39, 0.29) is 11.7 Å². The number of benzene rings is 2. The van der Waals surface area contributed by atoms with Crippen LogP contribution in [-0.4, -0.2) is 40.9 Å². The third kappa shape index (κ3) is 3.32. The number of carbonyl (C=O) groups excluding carboxylic acids is 2. The largest absolute Gasteiger partial charge is 0.391 e. The number of carbonyl (C=O) groups is 2. The topological polar surface area (TPSA) is 57.6 Å². The summed E-state index contributed by atoms with van der Waals surface area (Å²) >= 11 is 0. The van der Waals surface area contributed by atoms with Gasteiger partial charge in [-0.2, -0.15) is 0 Å². The van der Waals surface area contributed by atoms with Crippen LogP contribution in [0.15, 0.2) is 54.6 Å². The summed E-state index contributed by atoms with van der Waals surface area (Å²) < 4.78 is 0. The van der Waals surface area contributed by atoms with Crippen LogP contribution in [0.3, 0.4) is 0 Å². The summed E-state index contributed by atoms with van der Waals surface area (Å²) in [5, 5.41) is 9.77. The third-order valence-electron chi connectivity index (χ3n) is 4.12. The highest BCUT2D eigenvalue weighted by atomic mass is 16.3. The summed E-state index contributed by atoms with van der Waals surface area (Å²) in [6.45, 7) is 0.941. The van der Waals surface area contributed by atoms with E-state index in [0.29, 0.717) is 36.2 Å². The number of amides is 1. The van der Waals surface area contributed by atoms with Crippen LogP contribution >= 0.6 is 0 Å². The number of rotatable bonds is 3. The number of nitrogens with zero attached hydrogens (tertiary/aromatic N) is 1. The van der Waals surface area contributed by atoms with E-state index in [9.17, 15) is 14.7 Å². The van der Waals surface area contributed by atoms with E-state index >= 15 is 0 Å². The third-order valence-corrected chi connectivity index (χ3v) is 4.12. The predicted octanol–water partition coefficient (Wildman–Crippen LogP) is 2.51. The number of β-amino-alcohol motifs (C(OH)–C–C–N with tert-alkyl or cyclic N) is 1. The molecule has 1 atom stereocenters. The molecule has 23 heavy (non-hydrogen) atoms. The lowest BCUT2D eigenvalue weighted by molar-refractivity contribution is 0.0472. The Balaban J connectivity index is 1.92. The van der Waals surface area contributed by atoms with Crippen LogP contribution < -0.4 is 0 Å². The van der Waals surface area contributed by atoms with Gasteiger partial charge < -0.3 is 10.0 Å². The molecule has 1 aliphatic rings. The van der Waals surface area contributed by atoms with Crippen LogP contribution in [0.1, 0.15) is 39.1 Å².